The zero-order chi connectivity index (χ0) is 30.3. The number of carbonyl (C=O) groups is 2. The van der Waals surface area contributed by atoms with Gasteiger partial charge in [0.1, 0.15) is 12.6 Å². The molecule has 0 aliphatic rings. The molecule has 2 amide bonds. The normalized spacial score (nSPS) is 11.9. The van der Waals surface area contributed by atoms with Gasteiger partial charge in [0.2, 0.25) is 11.8 Å². The van der Waals surface area contributed by atoms with Gasteiger partial charge in [0.25, 0.3) is 10.0 Å². The molecule has 4 rings (SSSR count). The highest BCUT2D eigenvalue weighted by atomic mass is 35.5. The van der Waals surface area contributed by atoms with E-state index in [2.05, 4.69) is 5.32 Å². The Bertz CT molecular complexity index is 1650. The van der Waals surface area contributed by atoms with Crippen LogP contribution in [0, 0.1) is 6.92 Å². The minimum Gasteiger partial charge on any atom is -0.357 e. The van der Waals surface area contributed by atoms with Crippen molar-refractivity contribution in [3.8, 4) is 0 Å². The lowest BCUT2D eigenvalue weighted by molar-refractivity contribution is -0.139. The van der Waals surface area contributed by atoms with Gasteiger partial charge in [0, 0.05) is 30.1 Å². The first-order chi connectivity index (χ1) is 20.1. The second-order valence-corrected chi connectivity index (χ2v) is 12.4. The van der Waals surface area contributed by atoms with Crippen LogP contribution < -0.4 is 9.62 Å². The first-order valence-corrected chi connectivity index (χ1v) is 15.4. The topological polar surface area (TPSA) is 86.8 Å². The van der Waals surface area contributed by atoms with E-state index in [1.165, 1.54) is 36.2 Å². The van der Waals surface area contributed by atoms with Crippen LogP contribution in [0.15, 0.2) is 108 Å². The minimum atomic E-state index is -4.21. The van der Waals surface area contributed by atoms with Gasteiger partial charge in [0.15, 0.2) is 0 Å². The fraction of sp³-hybridized carbons (Fsp3) is 0.188. The summed E-state index contributed by atoms with van der Waals surface area (Å²) in [6.45, 7) is 1.21. The Morgan fingerprint density at radius 3 is 2.10 bits per heavy atom. The molecule has 42 heavy (non-hydrogen) atoms. The van der Waals surface area contributed by atoms with Crippen molar-refractivity contribution >= 4 is 50.7 Å². The molecule has 0 saturated heterocycles. The van der Waals surface area contributed by atoms with Crippen LogP contribution in [0.2, 0.25) is 10.0 Å². The predicted octanol–water partition coefficient (Wildman–Crippen LogP) is 5.88. The summed E-state index contributed by atoms with van der Waals surface area (Å²) in [4.78, 5) is 29.0. The quantitative estimate of drug-likeness (QED) is 0.226. The maximum Gasteiger partial charge on any atom is 0.264 e. The number of para-hydroxylation sites is 1. The number of nitrogens with one attached hydrogen (secondary N) is 1. The Labute approximate surface area is 256 Å². The van der Waals surface area contributed by atoms with E-state index in [1.807, 2.05) is 30.3 Å². The molecule has 0 spiro atoms. The maximum absolute atomic E-state index is 14.3. The number of hydrogen-bond acceptors (Lipinski definition) is 4. The van der Waals surface area contributed by atoms with Gasteiger partial charge >= 0.3 is 0 Å². The average molecular weight is 625 g/mol. The molecule has 0 unspecified atom stereocenters. The number of anilines is 1. The van der Waals surface area contributed by atoms with Crippen LogP contribution in [-0.2, 0) is 32.6 Å². The lowest BCUT2D eigenvalue weighted by Crippen LogP contribution is -2.53. The van der Waals surface area contributed by atoms with Crippen molar-refractivity contribution in [1.82, 2.24) is 10.2 Å². The van der Waals surface area contributed by atoms with Gasteiger partial charge in [-0.3, -0.25) is 13.9 Å². The number of aryl methyl sites for hydroxylation is 1. The summed E-state index contributed by atoms with van der Waals surface area (Å²) in [6, 6.07) is 28.1. The van der Waals surface area contributed by atoms with Crippen molar-refractivity contribution in [2.45, 2.75) is 30.8 Å². The predicted molar refractivity (Wildman–Crippen MR) is 167 cm³/mol. The summed E-state index contributed by atoms with van der Waals surface area (Å²) in [7, 11) is -2.71. The van der Waals surface area contributed by atoms with Crippen LogP contribution in [0.4, 0.5) is 5.69 Å². The summed E-state index contributed by atoms with van der Waals surface area (Å²) in [6.07, 6.45) is 0.213. The van der Waals surface area contributed by atoms with Crippen molar-refractivity contribution in [2.24, 2.45) is 0 Å². The van der Waals surface area contributed by atoms with Crippen LogP contribution in [-0.4, -0.2) is 44.8 Å². The molecule has 4 aromatic carbocycles. The van der Waals surface area contributed by atoms with Gasteiger partial charge in [-0.05, 0) is 60.0 Å². The van der Waals surface area contributed by atoms with E-state index in [1.54, 1.807) is 55.5 Å². The Balaban J connectivity index is 1.80. The molecular formula is C32H31Cl2N3O4S. The highest BCUT2D eigenvalue weighted by molar-refractivity contribution is 7.92. The van der Waals surface area contributed by atoms with Crippen molar-refractivity contribution in [1.29, 1.82) is 0 Å². The van der Waals surface area contributed by atoms with Crippen LogP contribution in [0.1, 0.15) is 16.7 Å². The molecule has 0 radical (unpaired) electrons. The number of amides is 2. The second-order valence-electron chi connectivity index (χ2n) is 9.68. The standard InChI is InChI=1S/C32H31Cl2N3O4S/c1-23-10-6-9-15-29(23)37(42(40,41)27-18-16-26(33)17-19-27)22-31(38)36(21-25-13-7-8-14-28(25)34)30(32(39)35-2)20-24-11-4-3-5-12-24/h3-19,30H,20-22H2,1-2H3,(H,35,39)/t30-/m1/s1. The summed E-state index contributed by atoms with van der Waals surface area (Å²) in [5.41, 5.74) is 2.47. The third kappa shape index (κ3) is 7.31. The van der Waals surface area contributed by atoms with Crippen LogP contribution >= 0.6 is 23.2 Å². The molecule has 1 N–H and O–H groups in total. The van der Waals surface area contributed by atoms with Crippen molar-refractivity contribution < 1.29 is 18.0 Å². The lowest BCUT2D eigenvalue weighted by atomic mass is 10.0. The molecule has 7 nitrogen and oxygen atoms in total. The van der Waals surface area contributed by atoms with Crippen molar-refractivity contribution in [3.63, 3.8) is 0 Å². The molecule has 0 aromatic heterocycles. The summed E-state index contributed by atoms with van der Waals surface area (Å²) in [5.74, 6) is -0.956. The van der Waals surface area contributed by atoms with Gasteiger partial charge in [-0.1, -0.05) is 89.9 Å². The number of nitrogens with zero attached hydrogens (tertiary/aromatic N) is 2. The van der Waals surface area contributed by atoms with Crippen LogP contribution in [0.5, 0.6) is 0 Å². The van der Waals surface area contributed by atoms with E-state index in [0.29, 0.717) is 26.9 Å². The molecule has 1 atom stereocenters. The molecule has 10 heteroatoms. The summed E-state index contributed by atoms with van der Waals surface area (Å²) in [5, 5.41) is 3.47. The first-order valence-electron chi connectivity index (χ1n) is 13.2. The highest BCUT2D eigenvalue weighted by Gasteiger charge is 2.35. The lowest BCUT2D eigenvalue weighted by Gasteiger charge is -2.34. The smallest absolute Gasteiger partial charge is 0.264 e. The maximum atomic E-state index is 14.3. The fourth-order valence-corrected chi connectivity index (χ4v) is 6.42. The Hall–Kier alpha value is -3.85. The van der Waals surface area contributed by atoms with E-state index in [-0.39, 0.29) is 23.8 Å². The second kappa shape index (κ2) is 13.9. The third-order valence-electron chi connectivity index (χ3n) is 6.88. The molecule has 0 heterocycles. The molecule has 0 aliphatic carbocycles. The van der Waals surface area contributed by atoms with Gasteiger partial charge in [-0.2, -0.15) is 0 Å². The Morgan fingerprint density at radius 1 is 0.833 bits per heavy atom. The molecule has 0 saturated carbocycles. The van der Waals surface area contributed by atoms with Crippen LogP contribution in [0.3, 0.4) is 0 Å². The largest absolute Gasteiger partial charge is 0.357 e. The van der Waals surface area contributed by atoms with Crippen molar-refractivity contribution in [2.75, 3.05) is 17.9 Å². The van der Waals surface area contributed by atoms with Gasteiger partial charge in [-0.25, -0.2) is 8.42 Å². The SMILES string of the molecule is CNC(=O)[C@@H](Cc1ccccc1)N(Cc1ccccc1Cl)C(=O)CN(c1ccccc1C)S(=O)(=O)c1ccc(Cl)cc1. The third-order valence-corrected chi connectivity index (χ3v) is 9.28. The van der Waals surface area contributed by atoms with Gasteiger partial charge < -0.3 is 10.2 Å². The van der Waals surface area contributed by atoms with Gasteiger partial charge in [0.05, 0.1) is 10.6 Å². The van der Waals surface area contributed by atoms with E-state index >= 15 is 0 Å². The summed E-state index contributed by atoms with van der Waals surface area (Å²) < 4.78 is 29.1. The van der Waals surface area contributed by atoms with Crippen molar-refractivity contribution in [3.05, 3.63) is 130 Å². The van der Waals surface area contributed by atoms with E-state index in [4.69, 9.17) is 23.2 Å². The van der Waals surface area contributed by atoms with E-state index in [9.17, 15) is 18.0 Å². The number of halogens is 2. The fourth-order valence-electron chi connectivity index (χ4n) is 4.62. The first kappa shape index (κ1) is 31.1. The van der Waals surface area contributed by atoms with Crippen LogP contribution in [0.25, 0.3) is 0 Å². The molecule has 0 bridgehead atoms. The van der Waals surface area contributed by atoms with E-state index < -0.39 is 28.5 Å². The zero-order valence-corrected chi connectivity index (χ0v) is 25.5. The number of carbonyl (C=O) groups excluding carboxylic acids is 2. The molecule has 218 valence electrons. The number of likely N-dealkylation sites (N-methyl/N-ethyl adjacent to an activating group) is 1. The summed E-state index contributed by atoms with van der Waals surface area (Å²) >= 11 is 12.5. The molecule has 4 aromatic rings. The minimum absolute atomic E-state index is 0.00791. The zero-order valence-electron chi connectivity index (χ0n) is 23.2. The number of sulfonamides is 1. The van der Waals surface area contributed by atoms with Gasteiger partial charge in [-0.15, -0.1) is 0 Å². The molecule has 0 aliphatic heterocycles. The highest BCUT2D eigenvalue weighted by Crippen LogP contribution is 2.28. The monoisotopic (exact) mass is 623 g/mol. The van der Waals surface area contributed by atoms with E-state index in [0.717, 1.165) is 9.87 Å². The number of hydrogen-bond donors (Lipinski definition) is 1. The molecule has 0 fully saturated rings. The number of benzene rings is 4. The average Bonchev–Trinajstić information content (AvgIpc) is 2.99. The Morgan fingerprint density at radius 2 is 1.45 bits per heavy atom. The Kier molecular flexibility index (Phi) is 10.3. The number of rotatable bonds is 11. The molecular weight excluding hydrogens is 593 g/mol.